The van der Waals surface area contributed by atoms with Crippen molar-refractivity contribution in [3.05, 3.63) is 70.7 Å². The van der Waals surface area contributed by atoms with E-state index < -0.39 is 0 Å². The lowest BCUT2D eigenvalue weighted by Gasteiger charge is -2.03. The molecule has 0 bridgehead atoms. The molecule has 0 unspecified atom stereocenters. The number of anilines is 1. The Morgan fingerprint density at radius 3 is 2.54 bits per heavy atom. The van der Waals surface area contributed by atoms with Crippen LogP contribution in [-0.4, -0.2) is 23.2 Å². The van der Waals surface area contributed by atoms with Gasteiger partial charge in [0.15, 0.2) is 0 Å². The lowest BCUT2D eigenvalue weighted by Crippen LogP contribution is -2.14. The van der Waals surface area contributed by atoms with Crippen molar-refractivity contribution >= 4 is 34.1 Å². The third kappa shape index (κ3) is 5.57. The predicted octanol–water partition coefficient (Wildman–Crippen LogP) is 4.16. The van der Waals surface area contributed by atoms with Gasteiger partial charge in [-0.25, -0.2) is 0 Å². The third-order valence-electron chi connectivity index (χ3n) is 3.57. The zero-order valence-corrected chi connectivity index (χ0v) is 16.0. The van der Waals surface area contributed by atoms with Gasteiger partial charge >= 0.3 is 0 Å². The standard InChI is InChI=1S/C19H19N3O2S2/c1-24-16-9-7-14(8-10-16)11-17(23)20-19-22-21-18(26-19)13-25-12-15-5-3-2-4-6-15/h2-10H,11-13H2,1H3,(H,20,22,23). The van der Waals surface area contributed by atoms with Gasteiger partial charge in [-0.3, -0.25) is 4.79 Å². The van der Waals surface area contributed by atoms with Crippen LogP contribution < -0.4 is 10.1 Å². The summed E-state index contributed by atoms with van der Waals surface area (Å²) in [5.41, 5.74) is 2.21. The van der Waals surface area contributed by atoms with E-state index in [1.54, 1.807) is 18.9 Å². The quantitative estimate of drug-likeness (QED) is 0.631. The Kier molecular flexibility index (Phi) is 6.62. The summed E-state index contributed by atoms with van der Waals surface area (Å²) in [5.74, 6) is 2.38. The molecule has 3 aromatic rings. The van der Waals surface area contributed by atoms with E-state index in [4.69, 9.17) is 4.74 Å². The average molecular weight is 386 g/mol. The van der Waals surface area contributed by atoms with Crippen molar-refractivity contribution in [1.29, 1.82) is 0 Å². The molecular formula is C19H19N3O2S2. The summed E-state index contributed by atoms with van der Waals surface area (Å²) in [5, 5.41) is 12.5. The molecule has 0 atom stereocenters. The summed E-state index contributed by atoms with van der Waals surface area (Å²) in [7, 11) is 1.62. The summed E-state index contributed by atoms with van der Waals surface area (Å²) in [6.07, 6.45) is 0.293. The Bertz CT molecular complexity index is 836. The van der Waals surface area contributed by atoms with E-state index in [1.165, 1.54) is 16.9 Å². The number of rotatable bonds is 8. The van der Waals surface area contributed by atoms with Gasteiger partial charge in [-0.05, 0) is 23.3 Å². The summed E-state index contributed by atoms with van der Waals surface area (Å²) in [6, 6.07) is 17.8. The molecule has 7 heteroatoms. The number of thioether (sulfide) groups is 1. The summed E-state index contributed by atoms with van der Waals surface area (Å²) in [4.78, 5) is 12.1. The van der Waals surface area contributed by atoms with Crippen LogP contribution in [0.1, 0.15) is 16.1 Å². The van der Waals surface area contributed by atoms with Crippen LogP contribution >= 0.6 is 23.1 Å². The minimum Gasteiger partial charge on any atom is -0.497 e. The highest BCUT2D eigenvalue weighted by atomic mass is 32.2. The van der Waals surface area contributed by atoms with Crippen molar-refractivity contribution in [3.8, 4) is 5.75 Å². The maximum Gasteiger partial charge on any atom is 0.230 e. The van der Waals surface area contributed by atoms with Crippen molar-refractivity contribution in [3.63, 3.8) is 0 Å². The lowest BCUT2D eigenvalue weighted by atomic mass is 10.1. The Morgan fingerprint density at radius 2 is 1.81 bits per heavy atom. The Labute approximate surface area is 160 Å². The van der Waals surface area contributed by atoms with Gasteiger partial charge in [-0.15, -0.1) is 22.0 Å². The van der Waals surface area contributed by atoms with Crippen LogP contribution in [0, 0.1) is 0 Å². The van der Waals surface area contributed by atoms with Crippen molar-refractivity contribution in [2.75, 3.05) is 12.4 Å². The van der Waals surface area contributed by atoms with Gasteiger partial charge in [0.25, 0.3) is 0 Å². The number of benzene rings is 2. The zero-order valence-electron chi connectivity index (χ0n) is 14.3. The van der Waals surface area contributed by atoms with E-state index in [9.17, 15) is 4.79 Å². The Hall–Kier alpha value is -2.38. The molecule has 1 N–H and O–H groups in total. The SMILES string of the molecule is COc1ccc(CC(=O)Nc2nnc(CSCc3ccccc3)s2)cc1. The van der Waals surface area contributed by atoms with Crippen LogP contribution in [0.15, 0.2) is 54.6 Å². The van der Waals surface area contributed by atoms with Gasteiger partial charge in [-0.1, -0.05) is 53.8 Å². The number of carbonyl (C=O) groups excluding carboxylic acids is 1. The van der Waals surface area contributed by atoms with E-state index in [0.29, 0.717) is 11.6 Å². The molecule has 0 fully saturated rings. The number of nitrogens with one attached hydrogen (secondary N) is 1. The fourth-order valence-corrected chi connectivity index (χ4v) is 4.08. The van der Waals surface area contributed by atoms with E-state index in [2.05, 4.69) is 27.6 Å². The number of amides is 1. The fraction of sp³-hybridized carbons (Fsp3) is 0.211. The number of hydrogen-bond acceptors (Lipinski definition) is 6. The minimum atomic E-state index is -0.102. The Morgan fingerprint density at radius 1 is 1.04 bits per heavy atom. The second-order valence-electron chi connectivity index (χ2n) is 5.55. The van der Waals surface area contributed by atoms with Gasteiger partial charge in [0.1, 0.15) is 10.8 Å². The molecule has 2 aromatic carbocycles. The van der Waals surface area contributed by atoms with Gasteiger partial charge < -0.3 is 10.1 Å². The maximum atomic E-state index is 12.1. The molecule has 0 aliphatic carbocycles. The fourth-order valence-electron chi connectivity index (χ4n) is 2.29. The van der Waals surface area contributed by atoms with Crippen LogP contribution in [-0.2, 0) is 22.7 Å². The highest BCUT2D eigenvalue weighted by molar-refractivity contribution is 7.97. The van der Waals surface area contributed by atoms with Crippen LogP contribution in [0.5, 0.6) is 5.75 Å². The molecule has 3 rings (SSSR count). The summed E-state index contributed by atoms with van der Waals surface area (Å²) < 4.78 is 5.11. The molecular weight excluding hydrogens is 366 g/mol. The van der Waals surface area contributed by atoms with Crippen LogP contribution in [0.2, 0.25) is 0 Å². The first-order valence-corrected chi connectivity index (χ1v) is 10.1. The van der Waals surface area contributed by atoms with E-state index >= 15 is 0 Å². The number of methoxy groups -OCH3 is 1. The number of nitrogens with zero attached hydrogens (tertiary/aromatic N) is 2. The van der Waals surface area contributed by atoms with Crippen LogP contribution in [0.3, 0.4) is 0 Å². The summed E-state index contributed by atoms with van der Waals surface area (Å²) in [6.45, 7) is 0. The molecule has 134 valence electrons. The molecule has 5 nitrogen and oxygen atoms in total. The first kappa shape index (κ1) is 18.4. The molecule has 0 radical (unpaired) electrons. The largest absolute Gasteiger partial charge is 0.497 e. The van der Waals surface area contributed by atoms with Crippen molar-refractivity contribution < 1.29 is 9.53 Å². The van der Waals surface area contributed by atoms with Gasteiger partial charge in [0, 0.05) is 11.5 Å². The summed E-state index contributed by atoms with van der Waals surface area (Å²) >= 11 is 3.20. The first-order chi connectivity index (χ1) is 12.7. The zero-order chi connectivity index (χ0) is 18.2. The number of aromatic nitrogens is 2. The highest BCUT2D eigenvalue weighted by Gasteiger charge is 2.09. The second-order valence-corrected chi connectivity index (χ2v) is 7.60. The monoisotopic (exact) mass is 385 g/mol. The maximum absolute atomic E-state index is 12.1. The van der Waals surface area contributed by atoms with Crippen molar-refractivity contribution in [2.45, 2.75) is 17.9 Å². The molecule has 0 saturated carbocycles. The predicted molar refractivity (Wildman–Crippen MR) is 107 cm³/mol. The van der Waals surface area contributed by atoms with E-state index in [0.717, 1.165) is 27.8 Å². The smallest absolute Gasteiger partial charge is 0.230 e. The lowest BCUT2D eigenvalue weighted by molar-refractivity contribution is -0.115. The molecule has 1 aromatic heterocycles. The van der Waals surface area contributed by atoms with E-state index in [1.807, 2.05) is 42.5 Å². The number of carbonyl (C=O) groups is 1. The van der Waals surface area contributed by atoms with Crippen molar-refractivity contribution in [2.24, 2.45) is 0 Å². The topological polar surface area (TPSA) is 64.1 Å². The molecule has 0 saturated heterocycles. The van der Waals surface area contributed by atoms with E-state index in [-0.39, 0.29) is 5.91 Å². The van der Waals surface area contributed by atoms with Gasteiger partial charge in [-0.2, -0.15) is 0 Å². The van der Waals surface area contributed by atoms with Crippen LogP contribution in [0.4, 0.5) is 5.13 Å². The molecule has 1 heterocycles. The molecule has 0 aliphatic rings. The number of ether oxygens (including phenoxy) is 1. The van der Waals surface area contributed by atoms with Crippen LogP contribution in [0.25, 0.3) is 0 Å². The van der Waals surface area contributed by atoms with Crippen molar-refractivity contribution in [1.82, 2.24) is 10.2 Å². The minimum absolute atomic E-state index is 0.102. The third-order valence-corrected chi connectivity index (χ3v) is 5.61. The average Bonchev–Trinajstić information content (AvgIpc) is 3.10. The molecule has 1 amide bonds. The number of hydrogen-bond donors (Lipinski definition) is 1. The normalized spacial score (nSPS) is 10.5. The van der Waals surface area contributed by atoms with Gasteiger partial charge in [0.2, 0.25) is 11.0 Å². The van der Waals surface area contributed by atoms with Gasteiger partial charge in [0.05, 0.1) is 13.5 Å². The molecule has 26 heavy (non-hydrogen) atoms. The highest BCUT2D eigenvalue weighted by Crippen LogP contribution is 2.23. The first-order valence-electron chi connectivity index (χ1n) is 8.10. The Balaban J connectivity index is 1.45. The molecule has 0 spiro atoms. The molecule has 0 aliphatic heterocycles. The second kappa shape index (κ2) is 9.35.